The van der Waals surface area contributed by atoms with E-state index in [0.717, 1.165) is 24.9 Å². The molecule has 0 aliphatic rings. The monoisotopic (exact) mass is 341 g/mol. The van der Waals surface area contributed by atoms with Crippen molar-refractivity contribution in [3.63, 3.8) is 0 Å². The zero-order valence-corrected chi connectivity index (χ0v) is 14.6. The molecule has 25 heavy (non-hydrogen) atoms. The third-order valence-corrected chi connectivity index (χ3v) is 3.62. The second kappa shape index (κ2) is 9.42. The Morgan fingerprint density at radius 2 is 2.08 bits per heavy atom. The highest BCUT2D eigenvalue weighted by atomic mass is 16.5. The molecule has 0 aliphatic carbocycles. The number of methoxy groups -OCH3 is 1. The molecule has 0 bridgehead atoms. The van der Waals surface area contributed by atoms with E-state index in [1.54, 1.807) is 37.2 Å². The zero-order chi connectivity index (χ0) is 18.1. The van der Waals surface area contributed by atoms with Crippen LogP contribution in [0, 0.1) is 0 Å². The van der Waals surface area contributed by atoms with Crippen LogP contribution in [0.5, 0.6) is 5.75 Å². The highest BCUT2D eigenvalue weighted by molar-refractivity contribution is 6.01. The van der Waals surface area contributed by atoms with E-state index in [9.17, 15) is 9.59 Å². The van der Waals surface area contributed by atoms with E-state index in [1.165, 1.54) is 6.08 Å². The third-order valence-electron chi connectivity index (χ3n) is 3.62. The van der Waals surface area contributed by atoms with Crippen LogP contribution < -0.4 is 10.1 Å². The number of amides is 1. The fourth-order valence-corrected chi connectivity index (χ4v) is 2.35. The summed E-state index contributed by atoms with van der Waals surface area (Å²) in [5, 5.41) is 6.98. The van der Waals surface area contributed by atoms with Gasteiger partial charge in [0.2, 0.25) is 5.91 Å². The minimum atomic E-state index is -0.234. The number of anilines is 1. The Morgan fingerprint density at radius 1 is 1.28 bits per heavy atom. The molecule has 0 saturated carbocycles. The van der Waals surface area contributed by atoms with Crippen LogP contribution in [0.1, 0.15) is 31.7 Å². The number of aromatic nitrogens is 2. The Kier molecular flexibility index (Phi) is 6.95. The zero-order valence-electron chi connectivity index (χ0n) is 14.6. The number of nitrogens with one attached hydrogen (secondary N) is 1. The van der Waals surface area contributed by atoms with E-state index in [-0.39, 0.29) is 11.7 Å². The average Bonchev–Trinajstić information content (AvgIpc) is 3.04. The summed E-state index contributed by atoms with van der Waals surface area (Å²) in [5.74, 6) is 0.683. The lowest BCUT2D eigenvalue weighted by molar-refractivity contribution is -0.117. The highest BCUT2D eigenvalue weighted by Gasteiger charge is 2.03. The van der Waals surface area contributed by atoms with Crippen molar-refractivity contribution in [1.29, 1.82) is 0 Å². The topological polar surface area (TPSA) is 73.2 Å². The number of aryl methyl sites for hydroxylation is 1. The summed E-state index contributed by atoms with van der Waals surface area (Å²) in [6.45, 7) is 2.32. The second-order valence-corrected chi connectivity index (χ2v) is 5.72. The fourth-order valence-electron chi connectivity index (χ4n) is 2.35. The lowest BCUT2D eigenvalue weighted by Crippen LogP contribution is -2.07. The SMILES string of the molecule is COc1ccccc1/C=C/C(=O)Nc1cnn(CCCCC(C)=O)c1. The number of ketones is 1. The summed E-state index contributed by atoms with van der Waals surface area (Å²) in [6.07, 6.45) is 8.88. The van der Waals surface area contributed by atoms with Crippen LogP contribution in [-0.2, 0) is 16.1 Å². The molecule has 0 atom stereocenters. The van der Waals surface area contributed by atoms with Gasteiger partial charge in [-0.25, -0.2) is 0 Å². The number of carbonyl (C=O) groups is 2. The Hall–Kier alpha value is -2.89. The Morgan fingerprint density at radius 3 is 2.84 bits per heavy atom. The number of para-hydroxylation sites is 1. The van der Waals surface area contributed by atoms with E-state index in [0.29, 0.717) is 17.9 Å². The first-order valence-corrected chi connectivity index (χ1v) is 8.22. The molecule has 0 aliphatic heterocycles. The van der Waals surface area contributed by atoms with Crippen molar-refractivity contribution >= 4 is 23.5 Å². The maximum absolute atomic E-state index is 12.0. The molecular weight excluding hydrogens is 318 g/mol. The van der Waals surface area contributed by atoms with Crippen LogP contribution >= 0.6 is 0 Å². The molecule has 1 amide bonds. The third kappa shape index (κ3) is 6.25. The van der Waals surface area contributed by atoms with Crippen LogP contribution in [0.2, 0.25) is 0 Å². The molecular formula is C19H23N3O3. The van der Waals surface area contributed by atoms with E-state index >= 15 is 0 Å². The normalized spacial score (nSPS) is 10.8. The number of unbranched alkanes of at least 4 members (excludes halogenated alkanes) is 1. The second-order valence-electron chi connectivity index (χ2n) is 5.72. The van der Waals surface area contributed by atoms with Crippen molar-refractivity contribution in [2.45, 2.75) is 32.7 Å². The minimum absolute atomic E-state index is 0.204. The van der Waals surface area contributed by atoms with Crippen molar-refractivity contribution in [2.24, 2.45) is 0 Å². The first-order valence-electron chi connectivity index (χ1n) is 8.22. The van der Waals surface area contributed by atoms with Crippen LogP contribution in [0.4, 0.5) is 5.69 Å². The van der Waals surface area contributed by atoms with Crippen molar-refractivity contribution in [2.75, 3.05) is 12.4 Å². The summed E-state index contributed by atoms with van der Waals surface area (Å²) in [6, 6.07) is 7.48. The Bertz CT molecular complexity index is 750. The van der Waals surface area contributed by atoms with Gasteiger partial charge in [0.25, 0.3) is 0 Å². The van der Waals surface area contributed by atoms with Crippen LogP contribution in [0.15, 0.2) is 42.7 Å². The maximum Gasteiger partial charge on any atom is 0.248 e. The van der Waals surface area contributed by atoms with Crippen LogP contribution in [0.3, 0.4) is 0 Å². The summed E-state index contributed by atoms with van der Waals surface area (Å²) in [7, 11) is 1.59. The number of hydrogen-bond donors (Lipinski definition) is 1. The van der Waals surface area contributed by atoms with Crippen LogP contribution in [0.25, 0.3) is 6.08 Å². The molecule has 6 nitrogen and oxygen atoms in total. The number of hydrogen-bond acceptors (Lipinski definition) is 4. The van der Waals surface area contributed by atoms with Gasteiger partial charge >= 0.3 is 0 Å². The summed E-state index contributed by atoms with van der Waals surface area (Å²) in [4.78, 5) is 22.9. The van der Waals surface area contributed by atoms with Gasteiger partial charge in [0.15, 0.2) is 0 Å². The fraction of sp³-hybridized carbons (Fsp3) is 0.316. The lowest BCUT2D eigenvalue weighted by Gasteiger charge is -2.03. The van der Waals surface area contributed by atoms with Gasteiger partial charge in [-0.05, 0) is 31.9 Å². The summed E-state index contributed by atoms with van der Waals surface area (Å²) in [5.41, 5.74) is 1.47. The predicted molar refractivity (Wildman–Crippen MR) is 97.4 cm³/mol. The summed E-state index contributed by atoms with van der Waals surface area (Å²) < 4.78 is 7.01. The number of rotatable bonds is 9. The first kappa shape index (κ1) is 18.4. The Labute approximate surface area is 147 Å². The summed E-state index contributed by atoms with van der Waals surface area (Å²) >= 11 is 0. The van der Waals surface area contributed by atoms with Gasteiger partial charge in [0.1, 0.15) is 11.5 Å². The van der Waals surface area contributed by atoms with Crippen LogP contribution in [-0.4, -0.2) is 28.6 Å². The molecule has 132 valence electrons. The molecule has 6 heteroatoms. The molecule has 2 rings (SSSR count). The quantitative estimate of drug-likeness (QED) is 0.561. The van der Waals surface area contributed by atoms with E-state index in [2.05, 4.69) is 10.4 Å². The van der Waals surface area contributed by atoms with Gasteiger partial charge in [-0.2, -0.15) is 5.10 Å². The van der Waals surface area contributed by atoms with E-state index < -0.39 is 0 Å². The van der Waals surface area contributed by atoms with Gasteiger partial charge < -0.3 is 14.8 Å². The lowest BCUT2D eigenvalue weighted by atomic mass is 10.2. The smallest absolute Gasteiger partial charge is 0.248 e. The van der Waals surface area contributed by atoms with Gasteiger partial charge in [0.05, 0.1) is 19.0 Å². The number of benzene rings is 1. The van der Waals surface area contributed by atoms with E-state index in [4.69, 9.17) is 4.74 Å². The number of Topliss-reactive ketones (excluding diaryl/α,β-unsaturated/α-hetero) is 1. The molecule has 1 N–H and O–H groups in total. The van der Waals surface area contributed by atoms with Crippen molar-refractivity contribution < 1.29 is 14.3 Å². The van der Waals surface area contributed by atoms with Gasteiger partial charge in [-0.15, -0.1) is 0 Å². The average molecular weight is 341 g/mol. The largest absolute Gasteiger partial charge is 0.496 e. The van der Waals surface area contributed by atoms with Crippen molar-refractivity contribution in [1.82, 2.24) is 9.78 Å². The number of carbonyl (C=O) groups excluding carboxylic acids is 2. The number of ether oxygens (including phenoxy) is 1. The van der Waals surface area contributed by atoms with Gasteiger partial charge in [0, 0.05) is 30.8 Å². The van der Waals surface area contributed by atoms with Crippen molar-refractivity contribution in [3.05, 3.63) is 48.3 Å². The molecule has 0 unspecified atom stereocenters. The molecule has 0 radical (unpaired) electrons. The van der Waals surface area contributed by atoms with Gasteiger partial charge in [-0.3, -0.25) is 9.48 Å². The predicted octanol–water partition coefficient (Wildman–Crippen LogP) is 3.30. The van der Waals surface area contributed by atoms with Crippen molar-refractivity contribution in [3.8, 4) is 5.75 Å². The maximum atomic E-state index is 12.0. The standard InChI is InChI=1S/C19H23N3O3/c1-15(23)7-5-6-12-22-14-17(13-20-22)21-19(24)11-10-16-8-3-4-9-18(16)25-2/h3-4,8-11,13-14H,5-7,12H2,1-2H3,(H,21,24)/b11-10+. The molecule has 1 aromatic carbocycles. The minimum Gasteiger partial charge on any atom is -0.496 e. The molecule has 2 aromatic rings. The highest BCUT2D eigenvalue weighted by Crippen LogP contribution is 2.18. The van der Waals surface area contributed by atoms with E-state index in [1.807, 2.05) is 24.3 Å². The first-order chi connectivity index (χ1) is 12.1. The molecule has 0 spiro atoms. The Balaban J connectivity index is 1.84. The van der Waals surface area contributed by atoms with Gasteiger partial charge in [-0.1, -0.05) is 18.2 Å². The molecule has 0 saturated heterocycles. The number of nitrogens with zero attached hydrogens (tertiary/aromatic N) is 2. The molecule has 1 aromatic heterocycles. The molecule has 0 fully saturated rings. The molecule has 1 heterocycles.